The fourth-order valence-corrected chi connectivity index (χ4v) is 4.70. The van der Waals surface area contributed by atoms with Crippen LogP contribution in [0.5, 0.6) is 23.0 Å². The third kappa shape index (κ3) is 8.10. The maximum Gasteiger partial charge on any atom is 0.353 e. The first-order valence-electron chi connectivity index (χ1n) is 12.2. The summed E-state index contributed by atoms with van der Waals surface area (Å²) in [6.45, 7) is 0. The summed E-state index contributed by atoms with van der Waals surface area (Å²) in [4.78, 5) is 50.1. The van der Waals surface area contributed by atoms with Crippen molar-refractivity contribution in [2.45, 2.75) is 6.42 Å². The lowest BCUT2D eigenvalue weighted by molar-refractivity contribution is -0.121. The Kier molecular flexibility index (Phi) is 9.98. The van der Waals surface area contributed by atoms with Crippen LogP contribution in [0.3, 0.4) is 0 Å². The van der Waals surface area contributed by atoms with Crippen molar-refractivity contribution >= 4 is 58.3 Å². The van der Waals surface area contributed by atoms with Gasteiger partial charge in [0.2, 0.25) is 0 Å². The van der Waals surface area contributed by atoms with Crippen molar-refractivity contribution in [3.05, 3.63) is 104 Å². The monoisotopic (exact) mass is 588 g/mol. The van der Waals surface area contributed by atoms with Crippen molar-refractivity contribution in [2.24, 2.45) is 0 Å². The van der Waals surface area contributed by atoms with Crippen molar-refractivity contribution in [1.82, 2.24) is 0 Å². The Hall–Kier alpha value is -4.80. The first kappa shape index (κ1) is 29.2. The minimum Gasteiger partial charge on any atom is -0.493 e. The van der Waals surface area contributed by atoms with E-state index in [2.05, 4.69) is 0 Å². The number of ether oxygens (including phenoxy) is 4. The molecule has 10 heteroatoms. The van der Waals surface area contributed by atoms with Gasteiger partial charge in [0.15, 0.2) is 34.6 Å². The highest BCUT2D eigenvalue weighted by Gasteiger charge is 2.15. The number of esters is 2. The van der Waals surface area contributed by atoms with E-state index in [9.17, 15) is 19.2 Å². The number of benzene rings is 2. The molecule has 41 heavy (non-hydrogen) atoms. The van der Waals surface area contributed by atoms with Gasteiger partial charge in [0.1, 0.15) is 9.75 Å². The lowest BCUT2D eigenvalue weighted by atomic mass is 10.1. The van der Waals surface area contributed by atoms with Crippen LogP contribution in [0.2, 0.25) is 0 Å². The predicted octanol–water partition coefficient (Wildman–Crippen LogP) is 6.52. The van der Waals surface area contributed by atoms with E-state index < -0.39 is 11.9 Å². The van der Waals surface area contributed by atoms with E-state index in [0.29, 0.717) is 32.4 Å². The van der Waals surface area contributed by atoms with E-state index in [0.717, 1.165) is 0 Å². The standard InChI is InChI=1S/C31H24O8S2/c1-36-26-17-20(9-13-24(26)38-30(34)28-5-3-15-40-28)7-11-22(32)19-23(33)12-8-21-10-14-25(27(18-21)37-2)39-31(35)29-6-4-16-41-29/h3-18H,19H2,1-2H3/b11-7+,12-8+. The molecule has 0 aliphatic rings. The van der Waals surface area contributed by atoms with Gasteiger partial charge in [-0.1, -0.05) is 36.4 Å². The molecule has 208 valence electrons. The van der Waals surface area contributed by atoms with Gasteiger partial charge in [0.25, 0.3) is 0 Å². The lowest BCUT2D eigenvalue weighted by Crippen LogP contribution is -2.07. The lowest BCUT2D eigenvalue weighted by Gasteiger charge is -2.09. The zero-order valence-electron chi connectivity index (χ0n) is 22.0. The molecule has 4 aromatic rings. The molecular formula is C31H24O8S2. The van der Waals surface area contributed by atoms with Gasteiger partial charge < -0.3 is 18.9 Å². The van der Waals surface area contributed by atoms with Gasteiger partial charge in [-0.25, -0.2) is 9.59 Å². The normalized spacial score (nSPS) is 11.0. The van der Waals surface area contributed by atoms with Crippen LogP contribution >= 0.6 is 22.7 Å². The molecule has 0 aliphatic heterocycles. The molecule has 0 radical (unpaired) electrons. The second-order valence-electron chi connectivity index (χ2n) is 8.33. The average molecular weight is 589 g/mol. The molecule has 0 amide bonds. The van der Waals surface area contributed by atoms with Crippen LogP contribution < -0.4 is 18.9 Å². The number of ketones is 2. The number of hydrogen-bond acceptors (Lipinski definition) is 10. The Morgan fingerprint density at radius 2 is 1.07 bits per heavy atom. The van der Waals surface area contributed by atoms with Crippen molar-refractivity contribution < 1.29 is 38.1 Å². The Balaban J connectivity index is 1.33. The van der Waals surface area contributed by atoms with E-state index in [4.69, 9.17) is 18.9 Å². The average Bonchev–Trinajstić information content (AvgIpc) is 3.71. The summed E-state index contributed by atoms with van der Waals surface area (Å²) in [6.07, 6.45) is 5.38. The minimum atomic E-state index is -0.490. The predicted molar refractivity (Wildman–Crippen MR) is 157 cm³/mol. The first-order valence-corrected chi connectivity index (χ1v) is 13.9. The number of rotatable bonds is 12. The minimum absolute atomic E-state index is 0.250. The van der Waals surface area contributed by atoms with Gasteiger partial charge in [-0.2, -0.15) is 0 Å². The van der Waals surface area contributed by atoms with Crippen LogP contribution in [0.4, 0.5) is 0 Å². The number of hydrogen-bond donors (Lipinski definition) is 0. The summed E-state index contributed by atoms with van der Waals surface area (Å²) in [5, 5.41) is 3.56. The quantitative estimate of drug-likeness (QED) is 0.0797. The van der Waals surface area contributed by atoms with Crippen LogP contribution in [0.1, 0.15) is 36.9 Å². The molecule has 0 fully saturated rings. The molecule has 0 bridgehead atoms. The number of allylic oxidation sites excluding steroid dienone is 2. The molecule has 2 aromatic carbocycles. The third-order valence-corrected chi connectivity index (χ3v) is 7.20. The van der Waals surface area contributed by atoms with Crippen LogP contribution in [-0.2, 0) is 9.59 Å². The molecule has 0 N–H and O–H groups in total. The Morgan fingerprint density at radius 3 is 1.44 bits per heavy atom. The molecule has 2 heterocycles. The Bertz CT molecular complexity index is 1480. The molecule has 0 aliphatic carbocycles. The number of methoxy groups -OCH3 is 2. The second-order valence-corrected chi connectivity index (χ2v) is 10.2. The largest absolute Gasteiger partial charge is 0.493 e. The van der Waals surface area contributed by atoms with E-state index in [1.54, 1.807) is 83.6 Å². The topological polar surface area (TPSA) is 105 Å². The number of carbonyl (C=O) groups is 4. The summed E-state index contributed by atoms with van der Waals surface area (Å²) in [5.74, 6) is -0.608. The van der Waals surface area contributed by atoms with Crippen LogP contribution in [0, 0.1) is 0 Å². The highest BCUT2D eigenvalue weighted by Crippen LogP contribution is 2.31. The van der Waals surface area contributed by atoms with Gasteiger partial charge in [0, 0.05) is 0 Å². The first-order chi connectivity index (χ1) is 19.9. The van der Waals surface area contributed by atoms with Crippen molar-refractivity contribution in [3.8, 4) is 23.0 Å². The Morgan fingerprint density at radius 1 is 0.634 bits per heavy atom. The molecule has 2 aromatic heterocycles. The SMILES string of the molecule is COc1cc(/C=C/C(=O)CC(=O)/C=C/c2ccc(OC(=O)c3cccs3)c(OC)c2)ccc1OC(=O)c1cccs1. The Labute approximate surface area is 244 Å². The highest BCUT2D eigenvalue weighted by atomic mass is 32.1. The molecule has 0 saturated carbocycles. The van der Waals surface area contributed by atoms with Crippen molar-refractivity contribution in [2.75, 3.05) is 14.2 Å². The summed E-state index contributed by atoms with van der Waals surface area (Å²) in [6, 6.07) is 16.6. The molecule has 0 saturated heterocycles. The molecular weight excluding hydrogens is 564 g/mol. The maximum absolute atomic E-state index is 12.4. The van der Waals surface area contributed by atoms with E-state index in [-0.39, 0.29) is 29.5 Å². The zero-order valence-corrected chi connectivity index (χ0v) is 23.7. The zero-order chi connectivity index (χ0) is 29.2. The van der Waals surface area contributed by atoms with Gasteiger partial charge in [-0.05, 0) is 70.4 Å². The molecule has 0 unspecified atom stereocenters. The van der Waals surface area contributed by atoms with Crippen LogP contribution in [0.25, 0.3) is 12.2 Å². The fourth-order valence-electron chi connectivity index (χ4n) is 3.50. The summed E-state index contributed by atoms with van der Waals surface area (Å²) in [5.41, 5.74) is 1.25. The van der Waals surface area contributed by atoms with E-state index in [1.807, 2.05) is 0 Å². The molecule has 0 spiro atoms. The van der Waals surface area contributed by atoms with Gasteiger partial charge in [-0.3, -0.25) is 9.59 Å². The smallest absolute Gasteiger partial charge is 0.353 e. The van der Waals surface area contributed by atoms with E-state index >= 15 is 0 Å². The fraction of sp³-hybridized carbons (Fsp3) is 0.0968. The molecule has 4 rings (SSSR count). The number of carbonyl (C=O) groups excluding carboxylic acids is 4. The van der Waals surface area contributed by atoms with Crippen LogP contribution in [0.15, 0.2) is 83.6 Å². The second kappa shape index (κ2) is 14.0. The molecule has 8 nitrogen and oxygen atoms in total. The summed E-state index contributed by atoms with van der Waals surface area (Å²) >= 11 is 2.54. The van der Waals surface area contributed by atoms with Crippen molar-refractivity contribution in [3.63, 3.8) is 0 Å². The number of thiophene rings is 2. The van der Waals surface area contributed by atoms with Crippen LogP contribution in [-0.4, -0.2) is 37.7 Å². The summed E-state index contributed by atoms with van der Waals surface area (Å²) in [7, 11) is 2.89. The maximum atomic E-state index is 12.4. The third-order valence-electron chi connectivity index (χ3n) is 5.50. The van der Waals surface area contributed by atoms with Gasteiger partial charge in [-0.15, -0.1) is 22.7 Å². The van der Waals surface area contributed by atoms with Gasteiger partial charge >= 0.3 is 11.9 Å². The summed E-state index contributed by atoms with van der Waals surface area (Å²) < 4.78 is 21.4. The van der Waals surface area contributed by atoms with E-state index in [1.165, 1.54) is 49.0 Å². The highest BCUT2D eigenvalue weighted by molar-refractivity contribution is 7.12. The van der Waals surface area contributed by atoms with Gasteiger partial charge in [0.05, 0.1) is 20.6 Å². The molecule has 0 atom stereocenters. The van der Waals surface area contributed by atoms with Crippen molar-refractivity contribution in [1.29, 1.82) is 0 Å².